The van der Waals surface area contributed by atoms with E-state index in [1.165, 1.54) is 15.5 Å². The Bertz CT molecular complexity index is 1520. The summed E-state index contributed by atoms with van der Waals surface area (Å²) in [6.07, 6.45) is 6.14. The maximum absolute atomic E-state index is 13.6. The van der Waals surface area contributed by atoms with Crippen LogP contribution in [0.4, 0.5) is 0 Å². The zero-order valence-electron chi connectivity index (χ0n) is 20.3. The number of amides is 1. The summed E-state index contributed by atoms with van der Waals surface area (Å²) < 4.78 is 4.43. The Hall–Kier alpha value is -3.68. The maximum atomic E-state index is 13.6. The topological polar surface area (TPSA) is 90.4 Å². The van der Waals surface area contributed by atoms with Crippen LogP contribution in [0.1, 0.15) is 66.9 Å². The van der Waals surface area contributed by atoms with Crippen LogP contribution >= 0.6 is 0 Å². The second kappa shape index (κ2) is 9.52. The van der Waals surface area contributed by atoms with E-state index in [2.05, 4.69) is 10.4 Å². The molecule has 4 aromatic rings. The van der Waals surface area contributed by atoms with Crippen LogP contribution < -0.4 is 16.6 Å². The van der Waals surface area contributed by atoms with Gasteiger partial charge in [-0.3, -0.25) is 14.2 Å². The summed E-state index contributed by atoms with van der Waals surface area (Å²) in [6.45, 7) is 4.73. The fourth-order valence-corrected chi connectivity index (χ4v) is 5.05. The minimum atomic E-state index is -0.331. The van der Waals surface area contributed by atoms with Gasteiger partial charge >= 0.3 is 5.69 Å². The van der Waals surface area contributed by atoms with Crippen molar-refractivity contribution in [1.82, 2.24) is 24.1 Å². The lowest BCUT2D eigenvalue weighted by Gasteiger charge is -2.22. The summed E-state index contributed by atoms with van der Waals surface area (Å²) in [6, 6.07) is 13.0. The van der Waals surface area contributed by atoms with Gasteiger partial charge in [-0.05, 0) is 55.5 Å². The van der Waals surface area contributed by atoms with Crippen LogP contribution in [0.3, 0.4) is 0 Å². The van der Waals surface area contributed by atoms with E-state index in [1.807, 2.05) is 38.1 Å². The van der Waals surface area contributed by atoms with Crippen molar-refractivity contribution in [2.45, 2.75) is 71.5 Å². The monoisotopic (exact) mass is 473 g/mol. The molecule has 0 saturated heterocycles. The Labute approximate surface area is 203 Å². The number of carbonyl (C=O) groups is 1. The third-order valence-electron chi connectivity index (χ3n) is 7.01. The third kappa shape index (κ3) is 4.29. The van der Waals surface area contributed by atoms with Gasteiger partial charge < -0.3 is 5.32 Å². The van der Waals surface area contributed by atoms with Gasteiger partial charge in [0.2, 0.25) is 5.78 Å². The van der Waals surface area contributed by atoms with Gasteiger partial charge in [0.15, 0.2) is 0 Å². The Morgan fingerprint density at radius 1 is 1.09 bits per heavy atom. The lowest BCUT2D eigenvalue weighted by Crippen LogP contribution is -2.36. The zero-order valence-corrected chi connectivity index (χ0v) is 20.3. The first-order chi connectivity index (χ1) is 17.0. The summed E-state index contributed by atoms with van der Waals surface area (Å²) in [7, 11) is 0. The number of aromatic nitrogens is 4. The third-order valence-corrected chi connectivity index (χ3v) is 7.01. The van der Waals surface area contributed by atoms with E-state index in [9.17, 15) is 14.4 Å². The second-order valence-corrected chi connectivity index (χ2v) is 9.50. The van der Waals surface area contributed by atoms with Gasteiger partial charge in [0.25, 0.3) is 11.5 Å². The first kappa shape index (κ1) is 23.1. The molecule has 182 valence electrons. The van der Waals surface area contributed by atoms with Crippen LogP contribution in [0.15, 0.2) is 52.1 Å². The lowest BCUT2D eigenvalue weighted by molar-refractivity contribution is 0.0928. The minimum absolute atomic E-state index is 0.170. The number of fused-ring (bicyclic) bond motifs is 3. The van der Waals surface area contributed by atoms with E-state index in [0.29, 0.717) is 35.3 Å². The number of nitrogens with zero attached hydrogens (tertiary/aromatic N) is 4. The normalized spacial score (nSPS) is 14.6. The summed E-state index contributed by atoms with van der Waals surface area (Å²) in [5, 5.41) is 8.10. The molecule has 2 heterocycles. The summed E-state index contributed by atoms with van der Waals surface area (Å²) in [5.74, 6) is 0.123. The van der Waals surface area contributed by atoms with E-state index in [1.54, 1.807) is 22.8 Å². The highest BCUT2D eigenvalue weighted by Crippen LogP contribution is 2.19. The first-order valence-electron chi connectivity index (χ1n) is 12.5. The number of benzene rings is 2. The van der Waals surface area contributed by atoms with Crippen molar-refractivity contribution < 1.29 is 4.79 Å². The molecule has 1 aliphatic rings. The molecule has 1 amide bonds. The molecule has 35 heavy (non-hydrogen) atoms. The molecule has 1 fully saturated rings. The van der Waals surface area contributed by atoms with Crippen molar-refractivity contribution in [3.05, 3.63) is 80.0 Å². The summed E-state index contributed by atoms with van der Waals surface area (Å²) in [5.41, 5.74) is 2.36. The number of carbonyl (C=O) groups excluding carboxylic acids is 1. The van der Waals surface area contributed by atoms with Gasteiger partial charge in [0.1, 0.15) is 0 Å². The van der Waals surface area contributed by atoms with E-state index < -0.39 is 0 Å². The smallest absolute Gasteiger partial charge is 0.349 e. The van der Waals surface area contributed by atoms with Crippen molar-refractivity contribution in [2.24, 2.45) is 0 Å². The number of nitrogens with one attached hydrogen (secondary N) is 1. The van der Waals surface area contributed by atoms with Crippen LogP contribution in [0.2, 0.25) is 0 Å². The van der Waals surface area contributed by atoms with Gasteiger partial charge in [-0.25, -0.2) is 13.9 Å². The fourth-order valence-electron chi connectivity index (χ4n) is 5.05. The van der Waals surface area contributed by atoms with E-state index in [-0.39, 0.29) is 23.2 Å². The predicted molar refractivity (Wildman–Crippen MR) is 136 cm³/mol. The molecule has 0 radical (unpaired) electrons. The molecule has 1 saturated carbocycles. The molecule has 8 nitrogen and oxygen atoms in total. The summed E-state index contributed by atoms with van der Waals surface area (Å²) in [4.78, 5) is 39.9. The van der Waals surface area contributed by atoms with Gasteiger partial charge in [-0.2, -0.15) is 0 Å². The Morgan fingerprint density at radius 2 is 1.86 bits per heavy atom. The molecule has 2 aromatic carbocycles. The molecule has 0 unspecified atom stereocenters. The highest BCUT2D eigenvalue weighted by molar-refractivity contribution is 5.98. The van der Waals surface area contributed by atoms with Crippen LogP contribution in [0.25, 0.3) is 16.7 Å². The quantitative estimate of drug-likeness (QED) is 0.463. The van der Waals surface area contributed by atoms with Crippen molar-refractivity contribution in [3.8, 4) is 0 Å². The van der Waals surface area contributed by atoms with Gasteiger partial charge in [-0.1, -0.05) is 50.5 Å². The molecule has 2 aromatic heterocycles. The standard InChI is InChI=1S/C27H31N5O3/c1-3-15-30-25(34)22-14-13-19(24(33)28-21-11-5-4-6-12-21)16-23(22)32-26(30)29-31(27(32)35)17-20-10-8-7-9-18(20)2/h7-10,13-14,16,21H,3-6,11-12,15,17H2,1-2H3,(H,28,33). The number of hydrogen-bond donors (Lipinski definition) is 1. The molecule has 0 atom stereocenters. The van der Waals surface area contributed by atoms with Crippen molar-refractivity contribution in [3.63, 3.8) is 0 Å². The van der Waals surface area contributed by atoms with E-state index in [4.69, 9.17) is 0 Å². The largest absolute Gasteiger partial charge is 0.352 e. The molecule has 0 bridgehead atoms. The second-order valence-electron chi connectivity index (χ2n) is 9.50. The summed E-state index contributed by atoms with van der Waals surface area (Å²) >= 11 is 0. The Kier molecular flexibility index (Phi) is 6.28. The number of rotatable bonds is 6. The van der Waals surface area contributed by atoms with Gasteiger partial charge in [-0.15, -0.1) is 5.10 Å². The maximum Gasteiger partial charge on any atom is 0.352 e. The molecular formula is C27H31N5O3. The predicted octanol–water partition coefficient (Wildman–Crippen LogP) is 3.64. The first-order valence-corrected chi connectivity index (χ1v) is 12.5. The van der Waals surface area contributed by atoms with Gasteiger partial charge in [0.05, 0.1) is 17.4 Å². The molecule has 8 heteroatoms. The van der Waals surface area contributed by atoms with Crippen LogP contribution in [0, 0.1) is 6.92 Å². The average Bonchev–Trinajstić information content (AvgIpc) is 3.19. The van der Waals surface area contributed by atoms with Crippen molar-refractivity contribution in [2.75, 3.05) is 0 Å². The highest BCUT2D eigenvalue weighted by atomic mass is 16.2. The Balaban J connectivity index is 1.65. The SMILES string of the molecule is CCCn1c(=O)c2ccc(C(=O)NC3CCCCC3)cc2n2c(=O)n(Cc3ccccc3C)nc12. The zero-order chi connectivity index (χ0) is 24.5. The fraction of sp³-hybridized carbons (Fsp3) is 0.407. The minimum Gasteiger partial charge on any atom is -0.349 e. The molecule has 1 aliphatic carbocycles. The van der Waals surface area contributed by atoms with E-state index in [0.717, 1.165) is 43.2 Å². The Morgan fingerprint density at radius 3 is 2.60 bits per heavy atom. The molecule has 5 rings (SSSR count). The number of aryl methyl sites for hydroxylation is 2. The van der Waals surface area contributed by atoms with Crippen LogP contribution in [-0.4, -0.2) is 30.7 Å². The average molecular weight is 474 g/mol. The van der Waals surface area contributed by atoms with Gasteiger partial charge in [0, 0.05) is 18.2 Å². The number of hydrogen-bond acceptors (Lipinski definition) is 4. The van der Waals surface area contributed by atoms with Crippen LogP contribution in [0.5, 0.6) is 0 Å². The van der Waals surface area contributed by atoms with Crippen molar-refractivity contribution in [1.29, 1.82) is 0 Å². The molecular weight excluding hydrogens is 442 g/mol. The van der Waals surface area contributed by atoms with Crippen molar-refractivity contribution >= 4 is 22.6 Å². The van der Waals surface area contributed by atoms with Crippen LogP contribution in [-0.2, 0) is 13.1 Å². The molecule has 1 N–H and O–H groups in total. The molecule has 0 aliphatic heterocycles. The highest BCUT2D eigenvalue weighted by Gasteiger charge is 2.21. The van der Waals surface area contributed by atoms with E-state index >= 15 is 0 Å². The molecule has 0 spiro atoms. The lowest BCUT2D eigenvalue weighted by atomic mass is 9.95.